The lowest BCUT2D eigenvalue weighted by molar-refractivity contribution is -0.210. The number of aromatic nitrogens is 3. The number of aliphatic hydroxyl groups excluding tert-OH is 1. The van der Waals surface area contributed by atoms with Gasteiger partial charge < -0.3 is 20.2 Å². The number of fused-ring (bicyclic) bond motifs is 5. The smallest absolute Gasteiger partial charge is 0.418 e. The Morgan fingerprint density at radius 1 is 1.05 bits per heavy atom. The van der Waals surface area contributed by atoms with Gasteiger partial charge in [-0.3, -0.25) is 4.79 Å². The van der Waals surface area contributed by atoms with Gasteiger partial charge in [0, 0.05) is 13.1 Å². The molecule has 0 radical (unpaired) electrons. The molecule has 37 heavy (non-hydrogen) atoms. The van der Waals surface area contributed by atoms with E-state index < -0.39 is 71.1 Å². The molecule has 1 aliphatic heterocycles. The second-order valence-corrected chi connectivity index (χ2v) is 8.64. The average Bonchev–Trinajstić information content (AvgIpc) is 3.32. The molecule has 1 aromatic carbocycles. The summed E-state index contributed by atoms with van der Waals surface area (Å²) in [4.78, 5) is 18.3. The predicted molar refractivity (Wildman–Crippen MR) is 117 cm³/mol. The number of aliphatic hydroxyl groups is 1. The molecule has 0 fully saturated rings. The van der Waals surface area contributed by atoms with E-state index in [0.29, 0.717) is 11.6 Å². The van der Waals surface area contributed by atoms with Crippen molar-refractivity contribution in [3.05, 3.63) is 59.1 Å². The Kier molecular flexibility index (Phi) is 6.88. The summed E-state index contributed by atoms with van der Waals surface area (Å²) in [5.41, 5.74) is -0.221. The quantitative estimate of drug-likeness (QED) is 0.485. The van der Waals surface area contributed by atoms with Gasteiger partial charge in [0.25, 0.3) is 11.8 Å². The second-order valence-electron chi connectivity index (χ2n) is 8.64. The summed E-state index contributed by atoms with van der Waals surface area (Å²) >= 11 is 0. The van der Waals surface area contributed by atoms with Crippen molar-refractivity contribution in [2.24, 2.45) is 0 Å². The summed E-state index contributed by atoms with van der Waals surface area (Å²) in [7, 11) is 0. The van der Waals surface area contributed by atoms with Crippen molar-refractivity contribution in [1.82, 2.24) is 20.1 Å². The summed E-state index contributed by atoms with van der Waals surface area (Å²) in [5.74, 6) is -2.79. The van der Waals surface area contributed by atoms with Crippen LogP contribution in [-0.2, 0) is 18.1 Å². The Balaban J connectivity index is 1.91. The van der Waals surface area contributed by atoms with Gasteiger partial charge in [-0.15, -0.1) is 10.2 Å². The number of amides is 1. The number of hydrogen-bond acceptors (Lipinski definition) is 7. The second kappa shape index (κ2) is 9.65. The summed E-state index contributed by atoms with van der Waals surface area (Å²) < 4.78 is 89.3. The molecule has 198 valence electrons. The van der Waals surface area contributed by atoms with Gasteiger partial charge in [0.1, 0.15) is 5.69 Å². The van der Waals surface area contributed by atoms with E-state index >= 15 is 0 Å². The third-order valence-corrected chi connectivity index (χ3v) is 6.19. The van der Waals surface area contributed by atoms with Gasteiger partial charge in [-0.25, -0.2) is 4.98 Å². The minimum atomic E-state index is -5.01. The molecule has 3 heterocycles. The topological polar surface area (TPSA) is 118 Å². The number of carbonyl (C=O) groups is 1. The fraction of sp³-hybridized carbons (Fsp3) is 0.391. The van der Waals surface area contributed by atoms with Crippen LogP contribution < -0.4 is 5.73 Å². The largest absolute Gasteiger partial charge is 0.418 e. The van der Waals surface area contributed by atoms with Crippen LogP contribution in [0.15, 0.2) is 40.8 Å². The third kappa shape index (κ3) is 4.97. The number of rotatable bonds is 3. The average molecular weight is 529 g/mol. The van der Waals surface area contributed by atoms with Crippen LogP contribution in [0.5, 0.6) is 0 Å². The lowest BCUT2D eigenvalue weighted by Crippen LogP contribution is -2.46. The Morgan fingerprint density at radius 3 is 2.38 bits per heavy atom. The van der Waals surface area contributed by atoms with Crippen molar-refractivity contribution < 1.29 is 40.7 Å². The molecule has 4 rings (SSSR count). The zero-order valence-corrected chi connectivity index (χ0v) is 19.1. The molecule has 8 nitrogen and oxygen atoms in total. The first-order valence-electron chi connectivity index (χ1n) is 11.1. The van der Waals surface area contributed by atoms with Gasteiger partial charge in [0.2, 0.25) is 5.89 Å². The van der Waals surface area contributed by atoms with Crippen LogP contribution in [0.3, 0.4) is 0 Å². The molecule has 3 aromatic rings. The summed E-state index contributed by atoms with van der Waals surface area (Å²) in [5, 5.41) is 16.7. The van der Waals surface area contributed by atoms with Gasteiger partial charge in [0.05, 0.1) is 17.9 Å². The fourth-order valence-corrected chi connectivity index (χ4v) is 4.13. The van der Waals surface area contributed by atoms with Gasteiger partial charge in [-0.2, -0.15) is 26.3 Å². The molecule has 4 bridgehead atoms. The van der Waals surface area contributed by atoms with E-state index in [1.807, 2.05) is 0 Å². The van der Waals surface area contributed by atoms with E-state index in [9.17, 15) is 36.2 Å². The Hall–Kier alpha value is -3.68. The number of carbonyl (C=O) groups excluding carboxylic acids is 1. The highest BCUT2D eigenvalue weighted by molar-refractivity contribution is 5.95. The summed E-state index contributed by atoms with van der Waals surface area (Å²) in [6.07, 6.45) is -10.9. The lowest BCUT2D eigenvalue weighted by Gasteiger charge is -2.31. The number of hydrogen-bond donors (Lipinski definition) is 2. The van der Waals surface area contributed by atoms with Crippen molar-refractivity contribution in [1.29, 1.82) is 0 Å². The number of pyridine rings is 1. The molecule has 2 aromatic heterocycles. The SMILES string of the molecule is Nc1cc(C(F)(F)F)c2nc1-c1nnc(o1)C(CO)(C(F)(F)F)CCCCN(Cc1ccccc1)C2=O. The molecule has 14 heteroatoms. The van der Waals surface area contributed by atoms with Gasteiger partial charge >= 0.3 is 12.4 Å². The standard InChI is InChI=1S/C23H21F6N5O3/c24-22(25,26)14-10-15(30)17-18-32-33-20(37-18)21(12-35,23(27,28)29)8-4-5-9-34(19(36)16(14)31-17)11-13-6-2-1-3-7-13/h1-3,6-7,10,35H,4-5,8-9,11-12,30H2. The van der Waals surface area contributed by atoms with E-state index in [1.54, 1.807) is 30.3 Å². The molecule has 0 aliphatic carbocycles. The number of anilines is 1. The number of nitrogens with two attached hydrogens (primary N) is 1. The number of halogens is 6. The molecular weight excluding hydrogens is 508 g/mol. The molecule has 1 amide bonds. The van der Waals surface area contributed by atoms with Crippen LogP contribution in [0, 0.1) is 0 Å². The van der Waals surface area contributed by atoms with Crippen molar-refractivity contribution in [2.45, 2.75) is 43.6 Å². The van der Waals surface area contributed by atoms with E-state index in [1.165, 1.54) is 0 Å². The highest BCUT2D eigenvalue weighted by Crippen LogP contribution is 2.45. The maximum absolute atomic E-state index is 14.2. The number of nitrogens with zero attached hydrogens (tertiary/aromatic N) is 4. The Labute approximate surface area is 206 Å². The van der Waals surface area contributed by atoms with Crippen LogP contribution in [0.2, 0.25) is 0 Å². The number of benzene rings is 1. The van der Waals surface area contributed by atoms with Crippen molar-refractivity contribution >= 4 is 11.6 Å². The molecule has 0 saturated carbocycles. The van der Waals surface area contributed by atoms with E-state index in [-0.39, 0.29) is 25.9 Å². The van der Waals surface area contributed by atoms with E-state index in [0.717, 1.165) is 4.90 Å². The molecule has 1 aliphatic rings. The molecular formula is C23H21F6N5O3. The minimum Gasteiger partial charge on any atom is -0.418 e. The van der Waals surface area contributed by atoms with E-state index in [4.69, 9.17) is 10.2 Å². The Morgan fingerprint density at radius 2 is 1.76 bits per heavy atom. The van der Waals surface area contributed by atoms with Crippen LogP contribution in [0.25, 0.3) is 11.6 Å². The maximum atomic E-state index is 14.2. The Bertz CT molecular complexity index is 1280. The molecule has 0 spiro atoms. The zero-order chi connectivity index (χ0) is 27.0. The number of alkyl halides is 6. The molecule has 1 atom stereocenters. The number of nitrogen functional groups attached to an aromatic ring is 1. The van der Waals surface area contributed by atoms with Gasteiger partial charge in [0.15, 0.2) is 11.1 Å². The summed E-state index contributed by atoms with van der Waals surface area (Å²) in [6, 6.07) is 8.83. The highest BCUT2D eigenvalue weighted by Gasteiger charge is 2.59. The molecule has 1 unspecified atom stereocenters. The van der Waals surface area contributed by atoms with Crippen LogP contribution in [-0.4, -0.2) is 50.4 Å². The lowest BCUT2D eigenvalue weighted by atomic mass is 9.82. The van der Waals surface area contributed by atoms with Crippen molar-refractivity contribution in [2.75, 3.05) is 18.9 Å². The first-order chi connectivity index (χ1) is 17.4. The maximum Gasteiger partial charge on any atom is 0.418 e. The molecule has 3 N–H and O–H groups in total. The highest BCUT2D eigenvalue weighted by atomic mass is 19.4. The fourth-order valence-electron chi connectivity index (χ4n) is 4.13. The minimum absolute atomic E-state index is 0.0272. The van der Waals surface area contributed by atoms with Crippen molar-refractivity contribution in [3.8, 4) is 11.6 Å². The van der Waals surface area contributed by atoms with Gasteiger partial charge in [-0.1, -0.05) is 36.8 Å². The zero-order valence-electron chi connectivity index (χ0n) is 19.1. The monoisotopic (exact) mass is 529 g/mol. The van der Waals surface area contributed by atoms with Crippen LogP contribution >= 0.6 is 0 Å². The third-order valence-electron chi connectivity index (χ3n) is 6.19. The predicted octanol–water partition coefficient (Wildman–Crippen LogP) is 4.35. The normalized spacial score (nSPS) is 19.2. The van der Waals surface area contributed by atoms with Crippen molar-refractivity contribution in [3.63, 3.8) is 0 Å². The van der Waals surface area contributed by atoms with Gasteiger partial charge in [-0.05, 0) is 24.5 Å². The van der Waals surface area contributed by atoms with Crippen LogP contribution in [0.1, 0.15) is 46.8 Å². The summed E-state index contributed by atoms with van der Waals surface area (Å²) in [6.45, 7) is -1.71. The van der Waals surface area contributed by atoms with E-state index in [2.05, 4.69) is 15.2 Å². The molecule has 0 saturated heterocycles. The first kappa shape index (κ1) is 26.4. The first-order valence-corrected chi connectivity index (χ1v) is 11.1. The van der Waals surface area contributed by atoms with Crippen LogP contribution in [0.4, 0.5) is 32.0 Å².